The summed E-state index contributed by atoms with van der Waals surface area (Å²) in [5.74, 6) is -1.09. The summed E-state index contributed by atoms with van der Waals surface area (Å²) >= 11 is 0. The summed E-state index contributed by atoms with van der Waals surface area (Å²) in [7, 11) is 0. The van der Waals surface area contributed by atoms with E-state index in [1.54, 1.807) is 0 Å². The Morgan fingerprint density at radius 1 is 0.903 bits per heavy atom. The molecule has 0 spiro atoms. The third-order valence-electron chi connectivity index (χ3n) is 5.10. The molecule has 7 nitrogen and oxygen atoms in total. The molecule has 0 aliphatic carbocycles. The second kappa shape index (κ2) is 10.7. The number of amides is 3. The van der Waals surface area contributed by atoms with Crippen LogP contribution < -0.4 is 16.0 Å². The first-order chi connectivity index (χ1) is 15.0. The van der Waals surface area contributed by atoms with Gasteiger partial charge in [-0.25, -0.2) is 0 Å². The highest BCUT2D eigenvalue weighted by atomic mass is 16.6. The third-order valence-corrected chi connectivity index (χ3v) is 5.10. The van der Waals surface area contributed by atoms with Gasteiger partial charge in [-0.05, 0) is 36.1 Å². The molecule has 0 bridgehead atoms. The van der Waals surface area contributed by atoms with E-state index in [-0.39, 0.29) is 11.8 Å². The summed E-state index contributed by atoms with van der Waals surface area (Å²) in [6.07, 6.45) is 0.313. The zero-order valence-electron chi connectivity index (χ0n) is 17.9. The van der Waals surface area contributed by atoms with E-state index in [1.165, 1.54) is 5.56 Å². The number of carbonyl (C=O) groups excluding carboxylic acids is 3. The summed E-state index contributed by atoms with van der Waals surface area (Å²) in [6, 6.07) is 16.3. The molecule has 0 radical (unpaired) electrons. The molecule has 2 aromatic carbocycles. The Kier molecular flexibility index (Phi) is 7.78. The van der Waals surface area contributed by atoms with Crippen LogP contribution in [-0.2, 0) is 32.0 Å². The molecule has 0 saturated carbocycles. The largest absolute Gasteiger partial charge is 0.354 e. The van der Waals surface area contributed by atoms with Crippen molar-refractivity contribution in [1.29, 1.82) is 0 Å². The second-order valence-corrected chi connectivity index (χ2v) is 7.56. The quantitative estimate of drug-likeness (QED) is 0.510. The summed E-state index contributed by atoms with van der Waals surface area (Å²) in [6.45, 7) is 4.55. The smallest absolute Gasteiger partial charge is 0.256 e. The number of hydrogen-bond acceptors (Lipinski definition) is 4. The number of benzene rings is 2. The number of carbonyl (C=O) groups is 3. The molecule has 1 aliphatic rings. The molecule has 3 atom stereocenters. The lowest BCUT2D eigenvalue weighted by molar-refractivity contribution is -0.129. The second-order valence-electron chi connectivity index (χ2n) is 7.56. The minimum absolute atomic E-state index is 0.253. The van der Waals surface area contributed by atoms with Gasteiger partial charge in [-0.1, -0.05) is 56.3 Å². The maximum Gasteiger partial charge on any atom is 0.256 e. The normalized spacial score (nSPS) is 18.0. The summed E-state index contributed by atoms with van der Waals surface area (Å²) in [4.78, 5) is 37.6. The van der Waals surface area contributed by atoms with Gasteiger partial charge in [0.2, 0.25) is 5.91 Å². The van der Waals surface area contributed by atoms with Crippen LogP contribution in [0.15, 0.2) is 54.6 Å². The van der Waals surface area contributed by atoms with E-state index >= 15 is 0 Å². The molecule has 0 aromatic heterocycles. The summed E-state index contributed by atoms with van der Waals surface area (Å²) in [5, 5.41) is 8.32. The van der Waals surface area contributed by atoms with E-state index in [2.05, 4.69) is 22.9 Å². The highest BCUT2D eigenvalue weighted by Crippen LogP contribution is 2.24. The van der Waals surface area contributed by atoms with Crippen molar-refractivity contribution in [3.8, 4) is 0 Å². The molecule has 1 heterocycles. The highest BCUT2D eigenvalue weighted by molar-refractivity contribution is 6.02. The fourth-order valence-corrected chi connectivity index (χ4v) is 3.23. The average molecular weight is 424 g/mol. The van der Waals surface area contributed by atoms with Crippen LogP contribution in [0.2, 0.25) is 0 Å². The minimum Gasteiger partial charge on any atom is -0.354 e. The monoisotopic (exact) mass is 423 g/mol. The van der Waals surface area contributed by atoms with Crippen LogP contribution in [0.5, 0.6) is 0 Å². The van der Waals surface area contributed by atoms with E-state index in [0.717, 1.165) is 18.4 Å². The van der Waals surface area contributed by atoms with Crippen molar-refractivity contribution in [1.82, 2.24) is 10.6 Å². The number of ether oxygens (including phenoxy) is 1. The summed E-state index contributed by atoms with van der Waals surface area (Å²) < 4.78 is 5.31. The molecular formula is C24H29N3O4. The predicted molar refractivity (Wildman–Crippen MR) is 118 cm³/mol. The third kappa shape index (κ3) is 6.39. The van der Waals surface area contributed by atoms with Gasteiger partial charge in [0.25, 0.3) is 11.8 Å². The van der Waals surface area contributed by atoms with Crippen molar-refractivity contribution < 1.29 is 19.1 Å². The van der Waals surface area contributed by atoms with Crippen LogP contribution in [0.25, 0.3) is 0 Å². The summed E-state index contributed by atoms with van der Waals surface area (Å²) in [5.41, 5.74) is 2.75. The Hall–Kier alpha value is -3.19. The first-order valence-corrected chi connectivity index (χ1v) is 10.7. The zero-order valence-corrected chi connectivity index (χ0v) is 17.9. The molecule has 1 aliphatic heterocycles. The van der Waals surface area contributed by atoms with Gasteiger partial charge in [0, 0.05) is 18.7 Å². The number of anilines is 1. The number of nitrogens with one attached hydrogen (secondary N) is 3. The van der Waals surface area contributed by atoms with E-state index in [4.69, 9.17) is 4.74 Å². The van der Waals surface area contributed by atoms with Gasteiger partial charge in [0.1, 0.15) is 6.04 Å². The van der Waals surface area contributed by atoms with Crippen LogP contribution in [0.4, 0.5) is 5.69 Å². The van der Waals surface area contributed by atoms with Crippen LogP contribution in [0, 0.1) is 0 Å². The lowest BCUT2D eigenvalue weighted by Crippen LogP contribution is -2.49. The van der Waals surface area contributed by atoms with Gasteiger partial charge in [-0.3, -0.25) is 14.4 Å². The first kappa shape index (κ1) is 22.5. The molecule has 1 fully saturated rings. The van der Waals surface area contributed by atoms with Crippen molar-refractivity contribution in [2.75, 3.05) is 11.9 Å². The molecule has 3 amide bonds. The van der Waals surface area contributed by atoms with Crippen molar-refractivity contribution >= 4 is 23.4 Å². The van der Waals surface area contributed by atoms with Gasteiger partial charge in [-0.15, -0.1) is 0 Å². The van der Waals surface area contributed by atoms with E-state index in [0.29, 0.717) is 18.7 Å². The Bertz CT molecular complexity index is 899. The van der Waals surface area contributed by atoms with Crippen molar-refractivity contribution in [3.63, 3.8) is 0 Å². The average Bonchev–Trinajstić information content (AvgIpc) is 3.59. The molecule has 0 unspecified atom stereocenters. The zero-order chi connectivity index (χ0) is 22.2. The SMILES string of the molecule is CCCNC(=O)[C@H](Cc1ccccc1)NC(=O)[C@H]1O[C@@H]1C(=O)Nc1ccc(CC)cc1. The molecule has 7 heteroatoms. The van der Waals surface area contributed by atoms with Gasteiger partial charge in [0.05, 0.1) is 0 Å². The number of rotatable bonds is 10. The Labute approximate surface area is 182 Å². The lowest BCUT2D eigenvalue weighted by atomic mass is 10.0. The van der Waals surface area contributed by atoms with Gasteiger partial charge < -0.3 is 20.7 Å². The fourth-order valence-electron chi connectivity index (χ4n) is 3.23. The van der Waals surface area contributed by atoms with E-state index < -0.39 is 24.2 Å². The number of aryl methyl sites for hydroxylation is 1. The molecule has 31 heavy (non-hydrogen) atoms. The van der Waals surface area contributed by atoms with Gasteiger partial charge >= 0.3 is 0 Å². The van der Waals surface area contributed by atoms with Gasteiger partial charge in [-0.2, -0.15) is 0 Å². The van der Waals surface area contributed by atoms with E-state index in [1.807, 2.05) is 61.5 Å². The van der Waals surface area contributed by atoms with Crippen LogP contribution >= 0.6 is 0 Å². The first-order valence-electron chi connectivity index (χ1n) is 10.7. The molecule has 1 saturated heterocycles. The lowest BCUT2D eigenvalue weighted by Gasteiger charge is -2.18. The molecule has 3 N–H and O–H groups in total. The molecule has 2 aromatic rings. The minimum atomic E-state index is -0.896. The Balaban J connectivity index is 1.57. The fraction of sp³-hybridized carbons (Fsp3) is 0.375. The highest BCUT2D eigenvalue weighted by Gasteiger charge is 2.51. The number of epoxide rings is 1. The Morgan fingerprint density at radius 2 is 1.58 bits per heavy atom. The van der Waals surface area contributed by atoms with Crippen LogP contribution in [-0.4, -0.2) is 42.5 Å². The predicted octanol–water partition coefficient (Wildman–Crippen LogP) is 2.21. The molecular weight excluding hydrogens is 394 g/mol. The van der Waals surface area contributed by atoms with Crippen molar-refractivity contribution in [2.45, 2.75) is 51.4 Å². The van der Waals surface area contributed by atoms with Gasteiger partial charge in [0.15, 0.2) is 12.2 Å². The topological polar surface area (TPSA) is 99.8 Å². The van der Waals surface area contributed by atoms with E-state index in [9.17, 15) is 14.4 Å². The molecule has 3 rings (SSSR count). The van der Waals surface area contributed by atoms with Crippen LogP contribution in [0.1, 0.15) is 31.4 Å². The van der Waals surface area contributed by atoms with Crippen molar-refractivity contribution in [3.05, 3.63) is 65.7 Å². The standard InChI is InChI=1S/C24H29N3O4/c1-3-14-25-22(28)19(15-17-8-6-5-7-9-17)27-24(30)21-20(31-21)23(29)26-18-12-10-16(4-2)11-13-18/h5-13,19-21H,3-4,14-15H2,1-2H3,(H,25,28)(H,26,29)(H,27,30)/t19-,20-,21-/m0/s1. The van der Waals surface area contributed by atoms with Crippen molar-refractivity contribution in [2.24, 2.45) is 0 Å². The maximum atomic E-state index is 12.6. The Morgan fingerprint density at radius 3 is 2.23 bits per heavy atom. The number of hydrogen-bond donors (Lipinski definition) is 3. The maximum absolute atomic E-state index is 12.6. The van der Waals surface area contributed by atoms with Crippen LogP contribution in [0.3, 0.4) is 0 Å². The molecule has 164 valence electrons.